The van der Waals surface area contributed by atoms with Gasteiger partial charge in [0, 0.05) is 21.2 Å². The zero-order chi connectivity index (χ0) is 11.8. The van der Waals surface area contributed by atoms with Gasteiger partial charge in [0.05, 0.1) is 0 Å². The first-order chi connectivity index (χ1) is 7.76. The summed E-state index contributed by atoms with van der Waals surface area (Å²) >= 11 is 5.43. The Morgan fingerprint density at radius 2 is 2.19 bits per heavy atom. The lowest BCUT2D eigenvalue weighted by molar-refractivity contribution is 0.531. The van der Waals surface area contributed by atoms with Gasteiger partial charge in [-0.1, -0.05) is 42.3 Å². The Morgan fingerprint density at radius 3 is 2.81 bits per heavy atom. The topological polar surface area (TPSA) is 12.0 Å². The molecule has 0 fully saturated rings. The van der Waals surface area contributed by atoms with E-state index < -0.39 is 0 Å². The van der Waals surface area contributed by atoms with Crippen molar-refractivity contribution >= 4 is 27.7 Å². The van der Waals surface area contributed by atoms with Crippen LogP contribution in [0.3, 0.4) is 0 Å². The molecule has 0 aliphatic rings. The van der Waals surface area contributed by atoms with Crippen LogP contribution in [-0.2, 0) is 0 Å². The van der Waals surface area contributed by atoms with E-state index in [4.69, 9.17) is 0 Å². The lowest BCUT2D eigenvalue weighted by Gasteiger charge is -2.16. The van der Waals surface area contributed by atoms with E-state index in [1.165, 1.54) is 17.7 Å². The number of thioether (sulfide) groups is 1. The molecular formula is C13H20BrNS. The molecule has 1 N–H and O–H groups in total. The van der Waals surface area contributed by atoms with E-state index in [1.54, 1.807) is 0 Å². The third-order valence-corrected chi connectivity index (χ3v) is 4.03. The Morgan fingerprint density at radius 1 is 1.38 bits per heavy atom. The van der Waals surface area contributed by atoms with Crippen molar-refractivity contribution in [3.05, 3.63) is 28.7 Å². The van der Waals surface area contributed by atoms with Gasteiger partial charge in [-0.15, -0.1) is 11.8 Å². The Labute approximate surface area is 112 Å². The number of hydrogen-bond acceptors (Lipinski definition) is 2. The molecule has 0 saturated heterocycles. The van der Waals surface area contributed by atoms with Crippen LogP contribution in [0, 0.1) is 0 Å². The highest BCUT2D eigenvalue weighted by Gasteiger charge is 2.06. The molecule has 0 bridgehead atoms. The van der Waals surface area contributed by atoms with Crippen molar-refractivity contribution in [2.45, 2.75) is 37.6 Å². The normalized spacial score (nSPS) is 12.7. The molecule has 1 aromatic rings. The molecule has 1 rings (SSSR count). The van der Waals surface area contributed by atoms with Crippen LogP contribution in [0.2, 0.25) is 0 Å². The van der Waals surface area contributed by atoms with Crippen LogP contribution >= 0.6 is 27.7 Å². The highest BCUT2D eigenvalue weighted by Crippen LogP contribution is 2.23. The van der Waals surface area contributed by atoms with E-state index in [-0.39, 0.29) is 0 Å². The molecule has 1 atom stereocenters. The van der Waals surface area contributed by atoms with Gasteiger partial charge < -0.3 is 5.32 Å². The summed E-state index contributed by atoms with van der Waals surface area (Å²) < 4.78 is 1.16. The first kappa shape index (κ1) is 14.1. The number of benzene rings is 1. The van der Waals surface area contributed by atoms with E-state index in [9.17, 15) is 0 Å². The summed E-state index contributed by atoms with van der Waals surface area (Å²) in [4.78, 5) is 1.34. The number of nitrogens with one attached hydrogen (secondary N) is 1. The minimum absolute atomic E-state index is 0.638. The van der Waals surface area contributed by atoms with Crippen molar-refractivity contribution in [2.75, 3.05) is 12.3 Å². The molecule has 1 unspecified atom stereocenters. The maximum atomic E-state index is 3.54. The van der Waals surface area contributed by atoms with Gasteiger partial charge in [-0.2, -0.15) is 0 Å². The maximum Gasteiger partial charge on any atom is 0.0186 e. The molecule has 3 heteroatoms. The van der Waals surface area contributed by atoms with E-state index >= 15 is 0 Å². The van der Waals surface area contributed by atoms with Crippen molar-refractivity contribution in [3.63, 3.8) is 0 Å². The van der Waals surface area contributed by atoms with Crippen LogP contribution in [0.15, 0.2) is 33.6 Å². The minimum atomic E-state index is 0.638. The third kappa shape index (κ3) is 5.37. The van der Waals surface area contributed by atoms with Crippen molar-refractivity contribution in [1.82, 2.24) is 5.32 Å². The van der Waals surface area contributed by atoms with Crippen molar-refractivity contribution < 1.29 is 0 Å². The summed E-state index contributed by atoms with van der Waals surface area (Å²) in [7, 11) is 0. The van der Waals surface area contributed by atoms with Crippen LogP contribution in [-0.4, -0.2) is 18.3 Å². The highest BCUT2D eigenvalue weighted by molar-refractivity contribution is 9.10. The minimum Gasteiger partial charge on any atom is -0.313 e. The second-order valence-corrected chi connectivity index (χ2v) is 5.82. The van der Waals surface area contributed by atoms with E-state index in [0.29, 0.717) is 6.04 Å². The largest absolute Gasteiger partial charge is 0.313 e. The Kier molecular flexibility index (Phi) is 7.17. The van der Waals surface area contributed by atoms with Gasteiger partial charge in [-0.05, 0) is 31.2 Å². The van der Waals surface area contributed by atoms with Crippen molar-refractivity contribution in [2.24, 2.45) is 0 Å². The Balaban J connectivity index is 2.41. The van der Waals surface area contributed by atoms with Gasteiger partial charge in [0.1, 0.15) is 0 Å². The van der Waals surface area contributed by atoms with E-state index in [2.05, 4.69) is 59.4 Å². The quantitative estimate of drug-likeness (QED) is 0.753. The Hall–Kier alpha value is 0.01000. The SMILES string of the molecule is CCCC(CSc1cccc(Br)c1)NCC. The van der Waals surface area contributed by atoms with E-state index in [1.807, 2.05) is 11.8 Å². The summed E-state index contributed by atoms with van der Waals surface area (Å²) in [5.74, 6) is 1.15. The zero-order valence-corrected chi connectivity index (χ0v) is 12.4. The van der Waals surface area contributed by atoms with Gasteiger partial charge in [0.25, 0.3) is 0 Å². The van der Waals surface area contributed by atoms with Gasteiger partial charge in [-0.25, -0.2) is 0 Å². The molecule has 0 spiro atoms. The number of hydrogen-bond donors (Lipinski definition) is 1. The molecule has 0 aromatic heterocycles. The molecule has 0 aliphatic heterocycles. The summed E-state index contributed by atoms with van der Waals surface area (Å²) in [5.41, 5.74) is 0. The molecule has 1 nitrogen and oxygen atoms in total. The monoisotopic (exact) mass is 301 g/mol. The summed E-state index contributed by atoms with van der Waals surface area (Å²) in [6, 6.07) is 9.15. The van der Waals surface area contributed by atoms with Crippen molar-refractivity contribution in [1.29, 1.82) is 0 Å². The van der Waals surface area contributed by atoms with Crippen molar-refractivity contribution in [3.8, 4) is 0 Å². The molecular weight excluding hydrogens is 282 g/mol. The molecule has 16 heavy (non-hydrogen) atoms. The molecule has 0 amide bonds. The second kappa shape index (κ2) is 8.15. The maximum absolute atomic E-state index is 3.54. The van der Waals surface area contributed by atoms with E-state index in [0.717, 1.165) is 16.8 Å². The molecule has 0 saturated carbocycles. The first-order valence-electron chi connectivity index (χ1n) is 5.88. The predicted molar refractivity (Wildman–Crippen MR) is 77.2 cm³/mol. The van der Waals surface area contributed by atoms with Gasteiger partial charge in [0.15, 0.2) is 0 Å². The second-order valence-electron chi connectivity index (χ2n) is 3.81. The van der Waals surface area contributed by atoms with Crippen LogP contribution in [0.1, 0.15) is 26.7 Å². The van der Waals surface area contributed by atoms with Crippen LogP contribution in [0.5, 0.6) is 0 Å². The third-order valence-electron chi connectivity index (χ3n) is 2.38. The lowest BCUT2D eigenvalue weighted by atomic mass is 10.2. The fraction of sp³-hybridized carbons (Fsp3) is 0.538. The standard InChI is InChI=1S/C13H20BrNS/c1-3-6-12(15-4-2)10-16-13-8-5-7-11(14)9-13/h5,7-9,12,15H,3-4,6,10H2,1-2H3. The summed E-state index contributed by atoms with van der Waals surface area (Å²) in [6.45, 7) is 5.48. The fourth-order valence-electron chi connectivity index (χ4n) is 1.64. The van der Waals surface area contributed by atoms with Crippen LogP contribution < -0.4 is 5.32 Å². The summed E-state index contributed by atoms with van der Waals surface area (Å²) in [6.07, 6.45) is 2.51. The molecule has 0 radical (unpaired) electrons. The van der Waals surface area contributed by atoms with Gasteiger partial charge in [-0.3, -0.25) is 0 Å². The molecule has 1 aromatic carbocycles. The summed E-state index contributed by atoms with van der Waals surface area (Å²) in [5, 5.41) is 3.54. The van der Waals surface area contributed by atoms with Crippen LogP contribution in [0.25, 0.3) is 0 Å². The first-order valence-corrected chi connectivity index (χ1v) is 7.65. The smallest absolute Gasteiger partial charge is 0.0186 e. The average molecular weight is 302 g/mol. The predicted octanol–water partition coefficient (Wildman–Crippen LogP) is 4.32. The average Bonchev–Trinajstić information content (AvgIpc) is 2.27. The molecule has 0 heterocycles. The zero-order valence-electron chi connectivity index (χ0n) is 10.0. The molecule has 0 aliphatic carbocycles. The Bertz CT molecular complexity index is 298. The van der Waals surface area contributed by atoms with Gasteiger partial charge >= 0.3 is 0 Å². The number of halogens is 1. The highest BCUT2D eigenvalue weighted by atomic mass is 79.9. The molecule has 90 valence electrons. The number of rotatable bonds is 7. The van der Waals surface area contributed by atoms with Crippen LogP contribution in [0.4, 0.5) is 0 Å². The fourth-order valence-corrected chi connectivity index (χ4v) is 3.25. The lowest BCUT2D eigenvalue weighted by Crippen LogP contribution is -2.30. The van der Waals surface area contributed by atoms with Gasteiger partial charge in [0.2, 0.25) is 0 Å².